The van der Waals surface area contributed by atoms with Gasteiger partial charge in [-0.05, 0) is 41.2 Å². The summed E-state index contributed by atoms with van der Waals surface area (Å²) in [5.41, 5.74) is 10.1. The molecule has 0 bridgehead atoms. The zero-order chi connectivity index (χ0) is 16.1. The van der Waals surface area contributed by atoms with Gasteiger partial charge < -0.3 is 10.5 Å². The third-order valence-electron chi connectivity index (χ3n) is 3.62. The molecule has 1 unspecified atom stereocenters. The van der Waals surface area contributed by atoms with E-state index in [1.54, 1.807) is 0 Å². The van der Waals surface area contributed by atoms with Gasteiger partial charge in [-0.3, -0.25) is 9.78 Å². The van der Waals surface area contributed by atoms with Gasteiger partial charge >= 0.3 is 5.97 Å². The number of esters is 1. The van der Waals surface area contributed by atoms with Crippen molar-refractivity contribution in [1.82, 2.24) is 4.98 Å². The molecule has 0 spiro atoms. The normalized spacial score (nSPS) is 12.2. The fourth-order valence-corrected chi connectivity index (χ4v) is 2.27. The Hall–Kier alpha value is -2.20. The summed E-state index contributed by atoms with van der Waals surface area (Å²) in [5, 5.41) is 0. The van der Waals surface area contributed by atoms with Gasteiger partial charge in [0.25, 0.3) is 0 Å². The van der Waals surface area contributed by atoms with E-state index in [-0.39, 0.29) is 5.97 Å². The van der Waals surface area contributed by atoms with E-state index in [0.29, 0.717) is 12.3 Å². The summed E-state index contributed by atoms with van der Waals surface area (Å²) in [6, 6.07) is 11.6. The molecule has 2 aromatic rings. The van der Waals surface area contributed by atoms with Gasteiger partial charge in [0.15, 0.2) is 0 Å². The predicted molar refractivity (Wildman–Crippen MR) is 87.5 cm³/mol. The van der Waals surface area contributed by atoms with E-state index in [2.05, 4.69) is 29.6 Å². The van der Waals surface area contributed by atoms with Crippen LogP contribution in [-0.2, 0) is 16.0 Å². The van der Waals surface area contributed by atoms with Crippen molar-refractivity contribution in [2.75, 3.05) is 7.11 Å². The Morgan fingerprint density at radius 3 is 2.45 bits per heavy atom. The molecule has 0 saturated carbocycles. The lowest BCUT2D eigenvalue weighted by Crippen LogP contribution is -2.33. The molecule has 0 aliphatic heterocycles. The first-order chi connectivity index (χ1) is 10.5. The summed E-state index contributed by atoms with van der Waals surface area (Å²) < 4.78 is 4.64. The molecule has 0 aliphatic rings. The van der Waals surface area contributed by atoms with Crippen molar-refractivity contribution < 1.29 is 9.53 Å². The van der Waals surface area contributed by atoms with Gasteiger partial charge in [-0.2, -0.15) is 0 Å². The molecule has 0 radical (unpaired) electrons. The molecule has 1 aromatic carbocycles. The van der Waals surface area contributed by atoms with Gasteiger partial charge in [0.2, 0.25) is 0 Å². The number of aromatic nitrogens is 1. The highest BCUT2D eigenvalue weighted by atomic mass is 16.5. The molecule has 1 aromatic heterocycles. The topological polar surface area (TPSA) is 65.2 Å². The first kappa shape index (κ1) is 16.2. The first-order valence-electron chi connectivity index (χ1n) is 7.40. The van der Waals surface area contributed by atoms with E-state index in [1.807, 2.05) is 36.5 Å². The molecule has 0 fully saturated rings. The maximum Gasteiger partial charge on any atom is 0.322 e. The number of hydrogen-bond acceptors (Lipinski definition) is 4. The Balaban J connectivity index is 2.15. The minimum atomic E-state index is -0.621. The van der Waals surface area contributed by atoms with E-state index < -0.39 is 6.04 Å². The highest BCUT2D eigenvalue weighted by molar-refractivity contribution is 5.75. The maximum absolute atomic E-state index is 11.4. The predicted octanol–water partition coefficient (Wildman–Crippen LogP) is 2.91. The number of hydrogen-bond donors (Lipinski definition) is 1. The minimum absolute atomic E-state index is 0.389. The number of pyridine rings is 1. The monoisotopic (exact) mass is 298 g/mol. The van der Waals surface area contributed by atoms with Crippen LogP contribution in [0.4, 0.5) is 0 Å². The molecule has 1 heterocycles. The SMILES string of the molecule is COC(=O)C(N)Cc1ccc(-c2ccnc(C(C)C)c2)cc1. The summed E-state index contributed by atoms with van der Waals surface area (Å²) in [7, 11) is 1.35. The lowest BCUT2D eigenvalue weighted by Gasteiger charge is -2.10. The van der Waals surface area contributed by atoms with Crippen LogP contribution in [0.1, 0.15) is 31.0 Å². The number of ether oxygens (including phenoxy) is 1. The van der Waals surface area contributed by atoms with Gasteiger partial charge in [0.1, 0.15) is 6.04 Å². The third-order valence-corrected chi connectivity index (χ3v) is 3.62. The van der Waals surface area contributed by atoms with E-state index in [4.69, 9.17) is 5.73 Å². The van der Waals surface area contributed by atoms with Crippen molar-refractivity contribution in [3.8, 4) is 11.1 Å². The van der Waals surface area contributed by atoms with Crippen LogP contribution in [0.3, 0.4) is 0 Å². The summed E-state index contributed by atoms with van der Waals surface area (Å²) >= 11 is 0. The van der Waals surface area contributed by atoms with Crippen LogP contribution < -0.4 is 5.73 Å². The van der Waals surface area contributed by atoms with Crippen LogP contribution in [0.2, 0.25) is 0 Å². The van der Waals surface area contributed by atoms with Crippen LogP contribution in [0.25, 0.3) is 11.1 Å². The van der Waals surface area contributed by atoms with Gasteiger partial charge in [-0.1, -0.05) is 38.1 Å². The standard InChI is InChI=1S/C18H22N2O2/c1-12(2)17-11-15(8-9-20-17)14-6-4-13(5-7-14)10-16(19)18(21)22-3/h4-9,11-12,16H,10,19H2,1-3H3. The average molecular weight is 298 g/mol. The van der Waals surface area contributed by atoms with Crippen LogP contribution >= 0.6 is 0 Å². The Labute approximate surface area is 131 Å². The number of nitrogens with zero attached hydrogens (tertiary/aromatic N) is 1. The van der Waals surface area contributed by atoms with Crippen LogP contribution in [0, 0.1) is 0 Å². The molecule has 4 heteroatoms. The summed E-state index contributed by atoms with van der Waals surface area (Å²) in [4.78, 5) is 15.7. The highest BCUT2D eigenvalue weighted by Gasteiger charge is 2.14. The van der Waals surface area contributed by atoms with Crippen LogP contribution in [0.5, 0.6) is 0 Å². The zero-order valence-electron chi connectivity index (χ0n) is 13.2. The van der Waals surface area contributed by atoms with E-state index >= 15 is 0 Å². The molecule has 2 N–H and O–H groups in total. The van der Waals surface area contributed by atoms with Crippen molar-refractivity contribution in [3.63, 3.8) is 0 Å². The van der Waals surface area contributed by atoms with Crippen molar-refractivity contribution in [3.05, 3.63) is 53.9 Å². The highest BCUT2D eigenvalue weighted by Crippen LogP contribution is 2.23. The first-order valence-corrected chi connectivity index (χ1v) is 7.40. The van der Waals surface area contributed by atoms with Crippen molar-refractivity contribution in [1.29, 1.82) is 0 Å². The molecule has 22 heavy (non-hydrogen) atoms. The van der Waals surface area contributed by atoms with Gasteiger partial charge in [0.05, 0.1) is 7.11 Å². The summed E-state index contributed by atoms with van der Waals surface area (Å²) in [6.45, 7) is 4.26. The van der Waals surface area contributed by atoms with Crippen LogP contribution in [-0.4, -0.2) is 24.1 Å². The smallest absolute Gasteiger partial charge is 0.322 e. The fourth-order valence-electron chi connectivity index (χ4n) is 2.27. The molecule has 116 valence electrons. The van der Waals surface area contributed by atoms with E-state index in [9.17, 15) is 4.79 Å². The summed E-state index contributed by atoms with van der Waals surface area (Å²) in [6.07, 6.45) is 2.31. The molecular weight excluding hydrogens is 276 g/mol. The fraction of sp³-hybridized carbons (Fsp3) is 0.333. The van der Waals surface area contributed by atoms with Crippen molar-refractivity contribution >= 4 is 5.97 Å². The number of methoxy groups -OCH3 is 1. The Morgan fingerprint density at radius 1 is 1.18 bits per heavy atom. The van der Waals surface area contributed by atoms with Crippen molar-refractivity contribution in [2.24, 2.45) is 5.73 Å². The number of rotatable bonds is 5. The second-order valence-corrected chi connectivity index (χ2v) is 5.65. The second kappa shape index (κ2) is 7.18. The lowest BCUT2D eigenvalue weighted by atomic mass is 9.99. The maximum atomic E-state index is 11.4. The molecular formula is C18H22N2O2. The van der Waals surface area contributed by atoms with E-state index in [1.165, 1.54) is 7.11 Å². The number of benzene rings is 1. The number of carbonyl (C=O) groups excluding carboxylic acids is 1. The average Bonchev–Trinajstić information content (AvgIpc) is 2.54. The lowest BCUT2D eigenvalue weighted by molar-refractivity contribution is -0.142. The molecule has 0 aliphatic carbocycles. The molecule has 2 rings (SSSR count). The number of nitrogens with two attached hydrogens (primary N) is 1. The quantitative estimate of drug-likeness (QED) is 0.862. The van der Waals surface area contributed by atoms with Gasteiger partial charge in [-0.25, -0.2) is 0 Å². The Kier molecular flexibility index (Phi) is 5.28. The molecule has 4 nitrogen and oxygen atoms in total. The zero-order valence-corrected chi connectivity index (χ0v) is 13.2. The largest absolute Gasteiger partial charge is 0.468 e. The molecule has 1 atom stereocenters. The van der Waals surface area contributed by atoms with Crippen molar-refractivity contribution in [2.45, 2.75) is 32.2 Å². The third kappa shape index (κ3) is 3.92. The van der Waals surface area contributed by atoms with Crippen LogP contribution in [0.15, 0.2) is 42.6 Å². The van der Waals surface area contributed by atoms with Gasteiger partial charge in [-0.15, -0.1) is 0 Å². The van der Waals surface area contributed by atoms with E-state index in [0.717, 1.165) is 22.4 Å². The molecule has 0 saturated heterocycles. The Morgan fingerprint density at radius 2 is 1.86 bits per heavy atom. The minimum Gasteiger partial charge on any atom is -0.468 e. The second-order valence-electron chi connectivity index (χ2n) is 5.65. The molecule has 0 amide bonds. The Bertz CT molecular complexity index is 636. The van der Waals surface area contributed by atoms with Gasteiger partial charge in [0, 0.05) is 11.9 Å². The summed E-state index contributed by atoms with van der Waals surface area (Å²) in [5.74, 6) is 0.0112. The number of carbonyl (C=O) groups is 1.